The summed E-state index contributed by atoms with van der Waals surface area (Å²) >= 11 is 1.64. The average molecular weight is 334 g/mol. The molecule has 0 spiro atoms. The van der Waals surface area contributed by atoms with Crippen molar-refractivity contribution >= 4 is 43.1 Å². The number of thiophene rings is 1. The maximum Gasteiger partial charge on any atom is 0.238 e. The maximum absolute atomic E-state index is 11.3. The first-order valence-corrected chi connectivity index (χ1v) is 8.97. The molecular formula is C14H14N4O2S2. The Kier molecular flexibility index (Phi) is 3.81. The lowest BCUT2D eigenvalue weighted by molar-refractivity contribution is 0.598. The molecule has 114 valence electrons. The fraction of sp³-hybridized carbons (Fsp3) is 0.143. The van der Waals surface area contributed by atoms with E-state index in [0.29, 0.717) is 5.82 Å². The van der Waals surface area contributed by atoms with E-state index in [1.54, 1.807) is 23.5 Å². The number of anilines is 2. The van der Waals surface area contributed by atoms with Crippen LogP contribution in [0.25, 0.3) is 10.2 Å². The highest BCUT2D eigenvalue weighted by Gasteiger charge is 2.10. The van der Waals surface area contributed by atoms with Gasteiger partial charge in [0.2, 0.25) is 10.0 Å². The predicted molar refractivity (Wildman–Crippen MR) is 87.9 cm³/mol. The van der Waals surface area contributed by atoms with Crippen LogP contribution in [0.1, 0.15) is 11.8 Å². The first kappa shape index (κ1) is 14.9. The summed E-state index contributed by atoms with van der Waals surface area (Å²) < 4.78 is 22.5. The molecule has 22 heavy (non-hydrogen) atoms. The second-order valence-electron chi connectivity index (χ2n) is 4.70. The fourth-order valence-electron chi connectivity index (χ4n) is 2.04. The number of benzene rings is 1. The summed E-state index contributed by atoms with van der Waals surface area (Å²) in [6.07, 6.45) is 2.46. The molecule has 1 aromatic carbocycles. The molecule has 3 aromatic rings. The van der Waals surface area contributed by atoms with Crippen LogP contribution in [0, 0.1) is 0 Å². The molecule has 0 amide bonds. The SMILES string of the molecule is CCc1cc2c(Nc3ccc(S(N)(=O)=O)cc3)ncnc2s1. The fourth-order valence-corrected chi connectivity index (χ4v) is 3.49. The molecular weight excluding hydrogens is 320 g/mol. The van der Waals surface area contributed by atoms with Gasteiger partial charge in [0.05, 0.1) is 10.3 Å². The van der Waals surface area contributed by atoms with E-state index in [4.69, 9.17) is 5.14 Å². The molecule has 2 heterocycles. The highest BCUT2D eigenvalue weighted by Crippen LogP contribution is 2.30. The zero-order valence-corrected chi connectivity index (χ0v) is 13.4. The maximum atomic E-state index is 11.3. The minimum Gasteiger partial charge on any atom is -0.340 e. The number of nitrogens with zero attached hydrogens (tertiary/aromatic N) is 2. The van der Waals surface area contributed by atoms with Crippen molar-refractivity contribution in [3.05, 3.63) is 41.5 Å². The third-order valence-electron chi connectivity index (χ3n) is 3.17. The third-order valence-corrected chi connectivity index (χ3v) is 5.29. The van der Waals surface area contributed by atoms with E-state index in [9.17, 15) is 8.42 Å². The van der Waals surface area contributed by atoms with Gasteiger partial charge >= 0.3 is 0 Å². The molecule has 0 saturated carbocycles. The van der Waals surface area contributed by atoms with E-state index in [1.807, 2.05) is 0 Å². The monoisotopic (exact) mass is 334 g/mol. The van der Waals surface area contributed by atoms with Crippen LogP contribution in [0.2, 0.25) is 0 Å². The molecule has 0 fully saturated rings. The zero-order chi connectivity index (χ0) is 15.7. The highest BCUT2D eigenvalue weighted by atomic mass is 32.2. The Morgan fingerprint density at radius 3 is 2.59 bits per heavy atom. The van der Waals surface area contributed by atoms with Gasteiger partial charge in [-0.15, -0.1) is 11.3 Å². The van der Waals surface area contributed by atoms with E-state index in [2.05, 4.69) is 28.3 Å². The van der Waals surface area contributed by atoms with Gasteiger partial charge in [0.1, 0.15) is 17.0 Å². The average Bonchev–Trinajstić information content (AvgIpc) is 2.91. The lowest BCUT2D eigenvalue weighted by atomic mass is 10.3. The van der Waals surface area contributed by atoms with Crippen molar-refractivity contribution in [3.8, 4) is 0 Å². The van der Waals surface area contributed by atoms with E-state index >= 15 is 0 Å². The van der Waals surface area contributed by atoms with Gasteiger partial charge in [-0.25, -0.2) is 23.5 Å². The molecule has 0 aliphatic carbocycles. The first-order chi connectivity index (χ1) is 10.5. The van der Waals surface area contributed by atoms with Crippen LogP contribution in [-0.2, 0) is 16.4 Å². The van der Waals surface area contributed by atoms with Crippen molar-refractivity contribution < 1.29 is 8.42 Å². The van der Waals surface area contributed by atoms with Crippen LogP contribution in [0.5, 0.6) is 0 Å². The number of sulfonamides is 1. The number of hydrogen-bond acceptors (Lipinski definition) is 6. The summed E-state index contributed by atoms with van der Waals surface area (Å²) in [6.45, 7) is 2.09. The summed E-state index contributed by atoms with van der Waals surface area (Å²) in [5.41, 5.74) is 0.733. The van der Waals surface area contributed by atoms with E-state index in [-0.39, 0.29) is 4.90 Å². The van der Waals surface area contributed by atoms with Crippen molar-refractivity contribution in [1.82, 2.24) is 9.97 Å². The number of nitrogens with one attached hydrogen (secondary N) is 1. The highest BCUT2D eigenvalue weighted by molar-refractivity contribution is 7.89. The molecule has 0 radical (unpaired) electrons. The summed E-state index contributed by atoms with van der Waals surface area (Å²) in [4.78, 5) is 10.8. The minimum absolute atomic E-state index is 0.0784. The predicted octanol–water partition coefficient (Wildman–Crippen LogP) is 2.64. The van der Waals surface area contributed by atoms with Crippen LogP contribution in [0.4, 0.5) is 11.5 Å². The van der Waals surface area contributed by atoms with E-state index in [1.165, 1.54) is 23.3 Å². The molecule has 0 saturated heterocycles. The first-order valence-electron chi connectivity index (χ1n) is 6.60. The van der Waals surface area contributed by atoms with Gasteiger partial charge in [-0.3, -0.25) is 0 Å². The smallest absolute Gasteiger partial charge is 0.238 e. The quantitative estimate of drug-likeness (QED) is 0.764. The lowest BCUT2D eigenvalue weighted by Gasteiger charge is -2.07. The van der Waals surface area contributed by atoms with Gasteiger partial charge < -0.3 is 5.32 Å². The van der Waals surface area contributed by atoms with Gasteiger partial charge in [0.25, 0.3) is 0 Å². The van der Waals surface area contributed by atoms with Crippen LogP contribution in [0.3, 0.4) is 0 Å². The normalized spacial score (nSPS) is 11.7. The van der Waals surface area contributed by atoms with Gasteiger partial charge in [-0.1, -0.05) is 6.92 Å². The molecule has 3 rings (SSSR count). The summed E-state index contributed by atoms with van der Waals surface area (Å²) in [5.74, 6) is 0.698. The largest absolute Gasteiger partial charge is 0.340 e. The summed E-state index contributed by atoms with van der Waals surface area (Å²) in [7, 11) is -3.68. The molecule has 0 bridgehead atoms. The van der Waals surface area contributed by atoms with Crippen LogP contribution < -0.4 is 10.5 Å². The number of fused-ring (bicyclic) bond motifs is 1. The number of nitrogens with two attached hydrogens (primary N) is 1. The van der Waals surface area contributed by atoms with Gasteiger partial charge in [-0.05, 0) is 36.8 Å². The van der Waals surface area contributed by atoms with Crippen LogP contribution in [0.15, 0.2) is 41.6 Å². The molecule has 0 atom stereocenters. The Morgan fingerprint density at radius 1 is 1.23 bits per heavy atom. The molecule has 6 nitrogen and oxygen atoms in total. The van der Waals surface area contributed by atoms with Crippen molar-refractivity contribution in [1.29, 1.82) is 0 Å². The van der Waals surface area contributed by atoms with Crippen LogP contribution >= 0.6 is 11.3 Å². The molecule has 0 unspecified atom stereocenters. The zero-order valence-electron chi connectivity index (χ0n) is 11.8. The number of aryl methyl sites for hydroxylation is 1. The number of hydrogen-bond donors (Lipinski definition) is 2. The Labute approximate surface area is 132 Å². The van der Waals surface area contributed by atoms with Crippen LogP contribution in [-0.4, -0.2) is 18.4 Å². The second-order valence-corrected chi connectivity index (χ2v) is 7.38. The Morgan fingerprint density at radius 2 is 1.95 bits per heavy atom. The Bertz CT molecular complexity index is 918. The third kappa shape index (κ3) is 2.94. The lowest BCUT2D eigenvalue weighted by Crippen LogP contribution is -2.11. The van der Waals surface area contributed by atoms with Gasteiger partial charge in [0, 0.05) is 10.6 Å². The number of primary sulfonamides is 1. The van der Waals surface area contributed by atoms with Gasteiger partial charge in [-0.2, -0.15) is 0 Å². The van der Waals surface area contributed by atoms with Gasteiger partial charge in [0.15, 0.2) is 0 Å². The molecule has 3 N–H and O–H groups in total. The van der Waals surface area contributed by atoms with E-state index in [0.717, 1.165) is 22.3 Å². The van der Waals surface area contributed by atoms with Crippen molar-refractivity contribution in [2.24, 2.45) is 5.14 Å². The molecule has 0 aliphatic heterocycles. The Balaban J connectivity index is 1.94. The molecule has 8 heteroatoms. The number of rotatable bonds is 4. The van der Waals surface area contributed by atoms with Crippen molar-refractivity contribution in [2.45, 2.75) is 18.2 Å². The topological polar surface area (TPSA) is 98.0 Å². The Hall–Kier alpha value is -2.03. The standard InChI is InChI=1S/C14H14N4O2S2/c1-2-10-7-12-13(16-8-17-14(12)21-10)18-9-3-5-11(6-4-9)22(15,19)20/h3-8H,2H2,1H3,(H2,15,19,20)(H,16,17,18). The summed E-state index contributed by atoms with van der Waals surface area (Å²) in [5, 5.41) is 9.23. The van der Waals surface area contributed by atoms with Crippen molar-refractivity contribution in [3.63, 3.8) is 0 Å². The van der Waals surface area contributed by atoms with Crippen molar-refractivity contribution in [2.75, 3.05) is 5.32 Å². The van der Waals surface area contributed by atoms with E-state index < -0.39 is 10.0 Å². The minimum atomic E-state index is -3.68. The number of aromatic nitrogens is 2. The summed E-state index contributed by atoms with van der Waals surface area (Å²) in [6, 6.07) is 8.30. The molecule has 2 aromatic heterocycles. The molecule has 0 aliphatic rings. The second kappa shape index (κ2) is 5.64.